The smallest absolute Gasteiger partial charge is 0.223 e. The van der Waals surface area contributed by atoms with Crippen LogP contribution >= 0.6 is 0 Å². The minimum atomic E-state index is -0.306. The average Bonchev–Trinajstić information content (AvgIpc) is 2.85. The van der Waals surface area contributed by atoms with Crippen LogP contribution in [0.3, 0.4) is 0 Å². The molecule has 1 amide bonds. The van der Waals surface area contributed by atoms with Crippen molar-refractivity contribution in [1.82, 2.24) is 5.32 Å². The molecule has 18 heavy (non-hydrogen) atoms. The van der Waals surface area contributed by atoms with Crippen molar-refractivity contribution in [1.29, 1.82) is 0 Å². The van der Waals surface area contributed by atoms with E-state index in [2.05, 4.69) is 19.2 Å². The molecule has 2 aliphatic carbocycles. The Labute approximate surface area is 110 Å². The Kier molecular flexibility index (Phi) is 4.00. The van der Waals surface area contributed by atoms with E-state index < -0.39 is 0 Å². The lowest BCUT2D eigenvalue weighted by Crippen LogP contribution is -2.40. The van der Waals surface area contributed by atoms with E-state index in [4.69, 9.17) is 0 Å². The van der Waals surface area contributed by atoms with Crippen LogP contribution in [0, 0.1) is 23.2 Å². The van der Waals surface area contributed by atoms with Gasteiger partial charge in [-0.05, 0) is 49.9 Å². The molecule has 0 aromatic carbocycles. The summed E-state index contributed by atoms with van der Waals surface area (Å²) in [6.45, 7) is 6.67. The molecule has 2 N–H and O–H groups in total. The molecule has 0 heterocycles. The summed E-state index contributed by atoms with van der Waals surface area (Å²) in [5.41, 5.74) is -0.0263. The highest BCUT2D eigenvalue weighted by Crippen LogP contribution is 2.48. The lowest BCUT2D eigenvalue weighted by molar-refractivity contribution is -0.127. The van der Waals surface area contributed by atoms with Crippen LogP contribution < -0.4 is 5.32 Å². The first-order valence-electron chi connectivity index (χ1n) is 7.33. The number of aliphatic hydroxyl groups excluding tert-OH is 1. The van der Waals surface area contributed by atoms with Gasteiger partial charge in [0.15, 0.2) is 0 Å². The van der Waals surface area contributed by atoms with E-state index in [1.54, 1.807) is 6.92 Å². The van der Waals surface area contributed by atoms with Crippen LogP contribution in [0.4, 0.5) is 0 Å². The van der Waals surface area contributed by atoms with Crippen molar-refractivity contribution in [3.05, 3.63) is 0 Å². The minimum Gasteiger partial charge on any atom is -0.393 e. The lowest BCUT2D eigenvalue weighted by atomic mass is 9.85. The predicted molar refractivity (Wildman–Crippen MR) is 72.0 cm³/mol. The summed E-state index contributed by atoms with van der Waals surface area (Å²) in [5.74, 6) is 1.98. The summed E-state index contributed by atoms with van der Waals surface area (Å²) in [5, 5.41) is 12.5. The molecule has 0 aliphatic heterocycles. The molecule has 2 fully saturated rings. The fourth-order valence-electron chi connectivity index (χ4n) is 3.90. The molecule has 4 atom stereocenters. The Balaban J connectivity index is 1.78. The van der Waals surface area contributed by atoms with E-state index >= 15 is 0 Å². The minimum absolute atomic E-state index is 0.0263. The van der Waals surface area contributed by atoms with E-state index in [0.29, 0.717) is 12.5 Å². The summed E-state index contributed by atoms with van der Waals surface area (Å²) < 4.78 is 0. The molecular formula is C15H27NO2. The second-order valence-corrected chi connectivity index (χ2v) is 7.22. The van der Waals surface area contributed by atoms with Crippen molar-refractivity contribution in [3.8, 4) is 0 Å². The van der Waals surface area contributed by atoms with Gasteiger partial charge in [-0.2, -0.15) is 0 Å². The standard InChI is InChI=1S/C15H27NO2/c1-10(17)8-15(2,3)9-16-14(18)13-7-11-4-5-12(13)6-11/h10-13,17H,4-9H2,1-3H3,(H,16,18). The maximum absolute atomic E-state index is 12.2. The number of hydrogen-bond acceptors (Lipinski definition) is 2. The predicted octanol–water partition coefficient (Wildman–Crippen LogP) is 2.34. The van der Waals surface area contributed by atoms with E-state index in [0.717, 1.165) is 18.8 Å². The third-order valence-electron chi connectivity index (χ3n) is 4.66. The SMILES string of the molecule is CC(O)CC(C)(C)CNC(=O)C1CC2CCC1C2. The lowest BCUT2D eigenvalue weighted by Gasteiger charge is -2.28. The largest absolute Gasteiger partial charge is 0.393 e. The van der Waals surface area contributed by atoms with Crippen molar-refractivity contribution in [3.63, 3.8) is 0 Å². The van der Waals surface area contributed by atoms with Gasteiger partial charge in [0, 0.05) is 12.5 Å². The Morgan fingerprint density at radius 3 is 2.61 bits per heavy atom. The summed E-state index contributed by atoms with van der Waals surface area (Å²) >= 11 is 0. The number of fused-ring (bicyclic) bond motifs is 2. The quantitative estimate of drug-likeness (QED) is 0.790. The molecule has 4 unspecified atom stereocenters. The molecule has 2 aliphatic rings. The molecule has 2 saturated carbocycles. The third-order valence-corrected chi connectivity index (χ3v) is 4.66. The number of nitrogens with one attached hydrogen (secondary N) is 1. The zero-order chi connectivity index (χ0) is 13.3. The zero-order valence-corrected chi connectivity index (χ0v) is 11.9. The van der Waals surface area contributed by atoms with Crippen molar-refractivity contribution in [2.75, 3.05) is 6.54 Å². The number of rotatable bonds is 5. The molecule has 0 spiro atoms. The third kappa shape index (κ3) is 3.25. The molecule has 0 saturated heterocycles. The molecule has 104 valence electrons. The first-order valence-corrected chi connectivity index (χ1v) is 7.33. The second-order valence-electron chi connectivity index (χ2n) is 7.22. The Bertz CT molecular complexity index is 312. The van der Waals surface area contributed by atoms with Gasteiger partial charge in [0.2, 0.25) is 5.91 Å². The van der Waals surface area contributed by atoms with Crippen LogP contribution in [0.1, 0.15) is 52.9 Å². The van der Waals surface area contributed by atoms with Crippen molar-refractivity contribution >= 4 is 5.91 Å². The van der Waals surface area contributed by atoms with Gasteiger partial charge in [-0.3, -0.25) is 4.79 Å². The number of carbonyl (C=O) groups is 1. The molecular weight excluding hydrogens is 226 g/mol. The molecule has 3 heteroatoms. The van der Waals surface area contributed by atoms with Gasteiger partial charge in [-0.1, -0.05) is 20.3 Å². The highest BCUT2D eigenvalue weighted by molar-refractivity contribution is 5.79. The van der Waals surface area contributed by atoms with E-state index in [-0.39, 0.29) is 23.3 Å². The maximum atomic E-state index is 12.2. The highest BCUT2D eigenvalue weighted by atomic mass is 16.3. The molecule has 0 aromatic heterocycles. The summed E-state index contributed by atoms with van der Waals surface area (Å²) in [6.07, 6.45) is 5.38. The Morgan fingerprint density at radius 1 is 1.39 bits per heavy atom. The fraction of sp³-hybridized carbons (Fsp3) is 0.933. The molecule has 2 bridgehead atoms. The van der Waals surface area contributed by atoms with Crippen molar-refractivity contribution in [2.45, 2.75) is 59.0 Å². The second kappa shape index (κ2) is 5.20. The first kappa shape index (κ1) is 13.9. The number of aliphatic hydroxyl groups is 1. The van der Waals surface area contributed by atoms with Gasteiger partial charge in [0.1, 0.15) is 0 Å². The van der Waals surface area contributed by atoms with Gasteiger partial charge in [-0.15, -0.1) is 0 Å². The molecule has 0 aromatic rings. The van der Waals surface area contributed by atoms with Crippen LogP contribution in [-0.4, -0.2) is 23.7 Å². The molecule has 2 rings (SSSR count). The highest BCUT2D eigenvalue weighted by Gasteiger charge is 2.43. The van der Waals surface area contributed by atoms with Gasteiger partial charge in [0.25, 0.3) is 0 Å². The fourth-order valence-corrected chi connectivity index (χ4v) is 3.90. The molecule has 3 nitrogen and oxygen atoms in total. The Morgan fingerprint density at radius 2 is 2.11 bits per heavy atom. The van der Waals surface area contributed by atoms with Crippen LogP contribution in [-0.2, 0) is 4.79 Å². The van der Waals surface area contributed by atoms with Crippen LogP contribution in [0.2, 0.25) is 0 Å². The summed E-state index contributed by atoms with van der Waals surface area (Å²) in [6, 6.07) is 0. The normalized spacial score (nSPS) is 32.6. The van der Waals surface area contributed by atoms with Crippen LogP contribution in [0.5, 0.6) is 0 Å². The van der Waals surface area contributed by atoms with Gasteiger partial charge >= 0.3 is 0 Å². The zero-order valence-electron chi connectivity index (χ0n) is 11.9. The van der Waals surface area contributed by atoms with E-state index in [1.165, 1.54) is 19.3 Å². The first-order chi connectivity index (χ1) is 8.37. The average molecular weight is 253 g/mol. The van der Waals surface area contributed by atoms with E-state index in [9.17, 15) is 9.90 Å². The van der Waals surface area contributed by atoms with Crippen LogP contribution in [0.25, 0.3) is 0 Å². The van der Waals surface area contributed by atoms with Crippen molar-refractivity contribution in [2.24, 2.45) is 23.2 Å². The van der Waals surface area contributed by atoms with Gasteiger partial charge < -0.3 is 10.4 Å². The van der Waals surface area contributed by atoms with Gasteiger partial charge in [0.05, 0.1) is 6.10 Å². The Hall–Kier alpha value is -0.570. The van der Waals surface area contributed by atoms with Crippen LogP contribution in [0.15, 0.2) is 0 Å². The van der Waals surface area contributed by atoms with Gasteiger partial charge in [-0.25, -0.2) is 0 Å². The monoisotopic (exact) mass is 253 g/mol. The van der Waals surface area contributed by atoms with E-state index in [1.807, 2.05) is 0 Å². The number of carbonyl (C=O) groups excluding carboxylic acids is 1. The number of amides is 1. The molecule has 0 radical (unpaired) electrons. The maximum Gasteiger partial charge on any atom is 0.223 e. The van der Waals surface area contributed by atoms with Crippen molar-refractivity contribution < 1.29 is 9.90 Å². The summed E-state index contributed by atoms with van der Waals surface area (Å²) in [7, 11) is 0. The number of hydrogen-bond donors (Lipinski definition) is 2. The summed E-state index contributed by atoms with van der Waals surface area (Å²) in [4.78, 5) is 12.2. The topological polar surface area (TPSA) is 49.3 Å².